The van der Waals surface area contributed by atoms with Crippen molar-refractivity contribution in [3.63, 3.8) is 0 Å². The number of Topliss-reactive ketones (excluding diaryl/α,β-unsaturated/α-hetero) is 1. The molecule has 3 heterocycles. The minimum Gasteiger partial charge on any atom is -0.444 e. The Morgan fingerprint density at radius 3 is 2.42 bits per heavy atom. The van der Waals surface area contributed by atoms with Crippen LogP contribution in [0.4, 0.5) is 4.79 Å². The van der Waals surface area contributed by atoms with E-state index < -0.39 is 17.4 Å². The van der Waals surface area contributed by atoms with E-state index in [-0.39, 0.29) is 29.4 Å². The van der Waals surface area contributed by atoms with Gasteiger partial charge >= 0.3 is 6.09 Å². The Morgan fingerprint density at radius 1 is 1.18 bits per heavy atom. The van der Waals surface area contributed by atoms with Gasteiger partial charge in [0, 0.05) is 24.6 Å². The number of nitrogens with zero attached hydrogens (tertiary/aromatic N) is 4. The van der Waals surface area contributed by atoms with Crippen LogP contribution in [-0.4, -0.2) is 67.5 Å². The van der Waals surface area contributed by atoms with Crippen molar-refractivity contribution in [2.45, 2.75) is 123 Å². The van der Waals surface area contributed by atoms with E-state index in [1.165, 1.54) is 0 Å². The predicted molar refractivity (Wildman–Crippen MR) is 147 cm³/mol. The average Bonchev–Trinajstić information content (AvgIpc) is 3.27. The number of fused-ring (bicyclic) bond motifs is 1. The van der Waals surface area contributed by atoms with Crippen LogP contribution in [0.3, 0.4) is 0 Å². The normalized spacial score (nSPS) is 18.8. The van der Waals surface area contributed by atoms with Crippen molar-refractivity contribution in [3.8, 4) is 0 Å². The lowest BCUT2D eigenvalue weighted by Crippen LogP contribution is -2.54. The van der Waals surface area contributed by atoms with Gasteiger partial charge in [-0.15, -0.1) is 0 Å². The number of hydrogen-bond donors (Lipinski definition) is 0. The summed E-state index contributed by atoms with van der Waals surface area (Å²) < 4.78 is 20.0. The first-order valence-electron chi connectivity index (χ1n) is 13.6. The van der Waals surface area contributed by atoms with Gasteiger partial charge in [-0.3, -0.25) is 14.7 Å². The second kappa shape index (κ2) is 10.9. The number of aromatic nitrogens is 3. The highest BCUT2D eigenvalue weighted by Gasteiger charge is 2.49. The third-order valence-electron chi connectivity index (χ3n) is 6.67. The number of ether oxygens (including phenoxy) is 3. The van der Waals surface area contributed by atoms with Gasteiger partial charge in [-0.05, 0) is 67.4 Å². The molecule has 1 aliphatic rings. The van der Waals surface area contributed by atoms with E-state index in [4.69, 9.17) is 14.2 Å². The van der Waals surface area contributed by atoms with Crippen molar-refractivity contribution in [1.29, 1.82) is 0 Å². The van der Waals surface area contributed by atoms with Crippen molar-refractivity contribution in [2.24, 2.45) is 7.05 Å². The summed E-state index contributed by atoms with van der Waals surface area (Å²) in [6.07, 6.45) is 2.24. The number of carbonyl (C=O) groups excluding carboxylic acids is 2. The van der Waals surface area contributed by atoms with Crippen molar-refractivity contribution < 1.29 is 23.8 Å². The number of aryl methyl sites for hydroxylation is 1. The molecule has 3 rings (SSSR count). The Bertz CT molecular complexity index is 1160. The van der Waals surface area contributed by atoms with Crippen molar-refractivity contribution >= 4 is 23.0 Å². The number of ketones is 1. The van der Waals surface area contributed by atoms with Crippen LogP contribution in [-0.2, 0) is 26.7 Å². The van der Waals surface area contributed by atoms with Gasteiger partial charge in [-0.2, -0.15) is 0 Å². The number of rotatable bonds is 8. The van der Waals surface area contributed by atoms with Crippen molar-refractivity contribution in [2.75, 3.05) is 6.61 Å². The lowest BCUT2D eigenvalue weighted by atomic mass is 9.92. The summed E-state index contributed by atoms with van der Waals surface area (Å²) in [5.74, 6) is -0.0618. The molecule has 2 aromatic heterocycles. The van der Waals surface area contributed by atoms with E-state index in [1.807, 2.05) is 66.1 Å². The number of amides is 1. The number of carbonyl (C=O) groups is 2. The van der Waals surface area contributed by atoms with E-state index in [9.17, 15) is 9.59 Å². The first-order chi connectivity index (χ1) is 17.4. The molecule has 1 saturated heterocycles. The zero-order chi connectivity index (χ0) is 28.6. The summed E-state index contributed by atoms with van der Waals surface area (Å²) >= 11 is 0. The van der Waals surface area contributed by atoms with Crippen LogP contribution >= 0.6 is 0 Å². The molecular weight excluding hydrogens is 484 g/mol. The SMILES string of the molecule is CC(C)OC(CCCC(=O)c1cnc2cc(C(C)(C)C)n(C)c2n1)[C@@H]1COC(C)(C)N1C(=O)OC(C)(C)C. The second-order valence-electron chi connectivity index (χ2n) is 13.0. The quantitative estimate of drug-likeness (QED) is 0.399. The highest BCUT2D eigenvalue weighted by atomic mass is 16.6. The Hall–Kier alpha value is -2.52. The maximum Gasteiger partial charge on any atom is 0.412 e. The van der Waals surface area contributed by atoms with Crippen molar-refractivity contribution in [1.82, 2.24) is 19.4 Å². The zero-order valence-corrected chi connectivity index (χ0v) is 25.0. The molecule has 38 heavy (non-hydrogen) atoms. The lowest BCUT2D eigenvalue weighted by Gasteiger charge is -2.38. The first-order valence-corrected chi connectivity index (χ1v) is 13.6. The zero-order valence-electron chi connectivity index (χ0n) is 25.0. The second-order valence-corrected chi connectivity index (χ2v) is 13.0. The largest absolute Gasteiger partial charge is 0.444 e. The molecule has 1 fully saturated rings. The smallest absolute Gasteiger partial charge is 0.412 e. The monoisotopic (exact) mass is 530 g/mol. The summed E-state index contributed by atoms with van der Waals surface area (Å²) in [6.45, 7) is 19.9. The molecule has 0 N–H and O–H groups in total. The predicted octanol–water partition coefficient (Wildman–Crippen LogP) is 5.78. The molecule has 9 nitrogen and oxygen atoms in total. The van der Waals surface area contributed by atoms with Gasteiger partial charge in [0.25, 0.3) is 0 Å². The van der Waals surface area contributed by atoms with Crippen LogP contribution in [0.15, 0.2) is 12.3 Å². The summed E-state index contributed by atoms with van der Waals surface area (Å²) in [5, 5.41) is 0. The van der Waals surface area contributed by atoms with Gasteiger partial charge in [-0.1, -0.05) is 20.8 Å². The lowest BCUT2D eigenvalue weighted by molar-refractivity contribution is -0.0795. The Morgan fingerprint density at radius 2 is 1.84 bits per heavy atom. The molecule has 1 unspecified atom stereocenters. The molecule has 2 aromatic rings. The van der Waals surface area contributed by atoms with E-state index in [2.05, 4.69) is 30.7 Å². The molecule has 1 aliphatic heterocycles. The minimum absolute atomic E-state index is 0.0532. The maximum atomic E-state index is 13.1. The topological polar surface area (TPSA) is 95.8 Å². The summed E-state index contributed by atoms with van der Waals surface area (Å²) in [6, 6.07) is 1.71. The van der Waals surface area contributed by atoms with E-state index in [0.717, 1.165) is 11.2 Å². The Kier molecular flexibility index (Phi) is 8.63. The molecule has 0 aliphatic carbocycles. The van der Waals surface area contributed by atoms with Crippen LogP contribution < -0.4 is 0 Å². The van der Waals surface area contributed by atoms with E-state index in [0.29, 0.717) is 37.2 Å². The minimum atomic E-state index is -0.826. The molecule has 1 amide bonds. The highest BCUT2D eigenvalue weighted by molar-refractivity contribution is 5.95. The third kappa shape index (κ3) is 6.91. The fourth-order valence-electron chi connectivity index (χ4n) is 5.00. The maximum absolute atomic E-state index is 13.1. The van der Waals surface area contributed by atoms with Gasteiger partial charge in [0.15, 0.2) is 11.4 Å². The summed E-state index contributed by atoms with van der Waals surface area (Å²) in [5.41, 5.74) is 1.45. The van der Waals surface area contributed by atoms with Crippen LogP contribution in [0.1, 0.15) is 105 Å². The molecule has 0 bridgehead atoms. The molecule has 0 saturated carbocycles. The molecule has 2 atom stereocenters. The van der Waals surface area contributed by atoms with Crippen LogP contribution in [0.5, 0.6) is 0 Å². The average molecular weight is 531 g/mol. The van der Waals surface area contributed by atoms with Crippen LogP contribution in [0.25, 0.3) is 11.2 Å². The molecule has 212 valence electrons. The highest BCUT2D eigenvalue weighted by Crippen LogP contribution is 2.34. The Balaban J connectivity index is 1.73. The Labute approximate surface area is 227 Å². The molecule has 0 radical (unpaired) electrons. The third-order valence-corrected chi connectivity index (χ3v) is 6.67. The van der Waals surface area contributed by atoms with Gasteiger partial charge in [0.2, 0.25) is 0 Å². The fourth-order valence-corrected chi connectivity index (χ4v) is 5.00. The molecule has 9 heteroatoms. The van der Waals surface area contributed by atoms with Crippen molar-refractivity contribution in [3.05, 3.63) is 23.7 Å². The van der Waals surface area contributed by atoms with Crippen LogP contribution in [0, 0.1) is 0 Å². The molecular formula is C29H46N4O5. The number of hydrogen-bond acceptors (Lipinski definition) is 7. The van der Waals surface area contributed by atoms with E-state index in [1.54, 1.807) is 11.1 Å². The molecule has 0 aromatic carbocycles. The van der Waals surface area contributed by atoms with E-state index >= 15 is 0 Å². The van der Waals surface area contributed by atoms with Crippen LogP contribution in [0.2, 0.25) is 0 Å². The van der Waals surface area contributed by atoms with Gasteiger partial charge in [-0.25, -0.2) is 9.78 Å². The molecule has 0 spiro atoms. The summed E-state index contributed by atoms with van der Waals surface area (Å²) in [4.78, 5) is 37.1. The van der Waals surface area contributed by atoms with Gasteiger partial charge in [0.1, 0.15) is 22.5 Å². The summed E-state index contributed by atoms with van der Waals surface area (Å²) in [7, 11) is 1.96. The fraction of sp³-hybridized carbons (Fsp3) is 0.724. The first kappa shape index (κ1) is 30.0. The van der Waals surface area contributed by atoms with Gasteiger partial charge in [0.05, 0.1) is 31.1 Å². The standard InChI is InChI=1S/C29H46N4O5/c1-18(2)37-23(21-17-36-29(9,10)33(21)26(35)38-28(6,7)8)14-12-13-22(34)20-16-30-19-15-24(27(3,4)5)32(11)25(19)31-20/h15-16,18,21,23H,12-14,17H2,1-11H3/t21-,23?/m0/s1. The van der Waals surface area contributed by atoms with Gasteiger partial charge < -0.3 is 18.8 Å².